The molecular weight excluding hydrogens is 647 g/mol. The molecule has 0 bridgehead atoms. The van der Waals surface area contributed by atoms with Crippen LogP contribution in [0.15, 0.2) is 200 Å². The molecule has 2 heteroatoms. The third-order valence-electron chi connectivity index (χ3n) is 10.3. The van der Waals surface area contributed by atoms with Crippen LogP contribution < -0.4 is 4.90 Å². The summed E-state index contributed by atoms with van der Waals surface area (Å²) in [6.45, 7) is 0. The van der Waals surface area contributed by atoms with Gasteiger partial charge < -0.3 is 4.90 Å². The van der Waals surface area contributed by atoms with Crippen LogP contribution in [-0.4, -0.2) is 0 Å². The van der Waals surface area contributed by atoms with Gasteiger partial charge >= 0.3 is 0 Å². The van der Waals surface area contributed by atoms with Gasteiger partial charge in [-0.3, -0.25) is 0 Å². The minimum atomic E-state index is 1.11. The first-order valence-corrected chi connectivity index (χ1v) is 18.6. The van der Waals surface area contributed by atoms with Gasteiger partial charge in [0, 0.05) is 37.2 Å². The molecule has 0 aliphatic heterocycles. The van der Waals surface area contributed by atoms with Crippen LogP contribution in [0.25, 0.3) is 75.1 Å². The molecule has 0 N–H and O–H groups in total. The molecule has 1 aromatic heterocycles. The zero-order valence-corrected chi connectivity index (χ0v) is 29.2. The van der Waals surface area contributed by atoms with Gasteiger partial charge in [-0.15, -0.1) is 11.3 Å². The van der Waals surface area contributed by atoms with Crippen molar-refractivity contribution in [3.05, 3.63) is 200 Å². The van der Waals surface area contributed by atoms with Crippen LogP contribution in [0.2, 0.25) is 0 Å². The van der Waals surface area contributed by atoms with E-state index in [-0.39, 0.29) is 0 Å². The summed E-state index contributed by atoms with van der Waals surface area (Å²) >= 11 is 1.86. The van der Waals surface area contributed by atoms with E-state index in [1.54, 1.807) is 0 Å². The van der Waals surface area contributed by atoms with Crippen molar-refractivity contribution in [1.82, 2.24) is 0 Å². The molecule has 1 nitrogen and oxygen atoms in total. The van der Waals surface area contributed by atoms with Gasteiger partial charge in [0.2, 0.25) is 0 Å². The molecule has 0 unspecified atom stereocenters. The number of hydrogen-bond donors (Lipinski definition) is 0. The van der Waals surface area contributed by atoms with Crippen LogP contribution in [-0.2, 0) is 0 Å². The quantitative estimate of drug-likeness (QED) is 0.169. The molecule has 0 saturated heterocycles. The van der Waals surface area contributed by atoms with Crippen molar-refractivity contribution >= 4 is 70.1 Å². The third kappa shape index (κ3) is 5.33. The molecule has 1 heterocycles. The largest absolute Gasteiger partial charge is 0.311 e. The lowest BCUT2D eigenvalue weighted by Gasteiger charge is -2.26. The molecule has 0 amide bonds. The fraction of sp³-hybridized carbons (Fsp3) is 0. The van der Waals surface area contributed by atoms with E-state index in [1.165, 1.54) is 75.1 Å². The molecule has 10 rings (SSSR count). The molecular formula is C50H33NS. The summed E-state index contributed by atoms with van der Waals surface area (Å²) in [5, 5.41) is 7.70. The van der Waals surface area contributed by atoms with Crippen molar-refractivity contribution in [2.24, 2.45) is 0 Å². The van der Waals surface area contributed by atoms with Gasteiger partial charge in [0.1, 0.15) is 0 Å². The van der Waals surface area contributed by atoms with Gasteiger partial charge in [0.25, 0.3) is 0 Å². The lowest BCUT2D eigenvalue weighted by atomic mass is 9.97. The Hall–Kier alpha value is -6.48. The zero-order chi connectivity index (χ0) is 34.4. The Bertz CT molecular complexity index is 2750. The molecule has 0 atom stereocenters. The number of rotatable bonds is 6. The van der Waals surface area contributed by atoms with Gasteiger partial charge in [0.05, 0.1) is 0 Å². The molecule has 0 spiro atoms. The average molecular weight is 680 g/mol. The van der Waals surface area contributed by atoms with E-state index in [0.717, 1.165) is 17.1 Å². The van der Waals surface area contributed by atoms with Gasteiger partial charge in [-0.1, -0.05) is 152 Å². The van der Waals surface area contributed by atoms with Gasteiger partial charge in [-0.05, 0) is 103 Å². The normalized spacial score (nSPS) is 11.5. The summed E-state index contributed by atoms with van der Waals surface area (Å²) in [5.74, 6) is 0. The highest BCUT2D eigenvalue weighted by Crippen LogP contribution is 2.40. The molecule has 9 aromatic carbocycles. The van der Waals surface area contributed by atoms with Crippen LogP contribution in [0.3, 0.4) is 0 Å². The Labute approximate surface area is 307 Å². The third-order valence-corrected chi connectivity index (χ3v) is 11.4. The first-order chi connectivity index (χ1) is 25.8. The van der Waals surface area contributed by atoms with E-state index in [4.69, 9.17) is 0 Å². The fourth-order valence-electron chi connectivity index (χ4n) is 7.69. The van der Waals surface area contributed by atoms with Crippen molar-refractivity contribution in [2.45, 2.75) is 0 Å². The van der Waals surface area contributed by atoms with Crippen molar-refractivity contribution in [2.75, 3.05) is 4.90 Å². The molecule has 0 saturated carbocycles. The molecule has 10 aromatic rings. The second-order valence-electron chi connectivity index (χ2n) is 13.3. The van der Waals surface area contributed by atoms with Crippen LogP contribution in [0.4, 0.5) is 17.1 Å². The number of hydrogen-bond acceptors (Lipinski definition) is 2. The minimum absolute atomic E-state index is 1.11. The fourth-order valence-corrected chi connectivity index (χ4v) is 8.84. The number of benzene rings is 9. The van der Waals surface area contributed by atoms with Crippen molar-refractivity contribution in [3.8, 4) is 33.4 Å². The second-order valence-corrected chi connectivity index (χ2v) is 14.4. The predicted octanol–water partition coefficient (Wildman–Crippen LogP) is 14.8. The molecule has 0 fully saturated rings. The van der Waals surface area contributed by atoms with Gasteiger partial charge in [0.15, 0.2) is 0 Å². The maximum Gasteiger partial charge on any atom is 0.0462 e. The van der Waals surface area contributed by atoms with Crippen LogP contribution in [0.5, 0.6) is 0 Å². The first-order valence-electron chi connectivity index (χ1n) is 17.8. The van der Waals surface area contributed by atoms with E-state index in [2.05, 4.69) is 205 Å². The Kier molecular flexibility index (Phi) is 7.41. The second kappa shape index (κ2) is 12.7. The summed E-state index contributed by atoms with van der Waals surface area (Å²) in [5.41, 5.74) is 10.7. The predicted molar refractivity (Wildman–Crippen MR) is 225 cm³/mol. The maximum absolute atomic E-state index is 2.36. The van der Waals surface area contributed by atoms with Crippen LogP contribution in [0.1, 0.15) is 0 Å². The van der Waals surface area contributed by atoms with Gasteiger partial charge in [-0.25, -0.2) is 0 Å². The maximum atomic E-state index is 2.36. The number of anilines is 3. The Balaban J connectivity index is 1.04. The van der Waals surface area contributed by atoms with Gasteiger partial charge in [-0.2, -0.15) is 0 Å². The Morgan fingerprint density at radius 3 is 1.27 bits per heavy atom. The Morgan fingerprint density at radius 2 is 0.712 bits per heavy atom. The summed E-state index contributed by atoms with van der Waals surface area (Å²) in [6, 6.07) is 72.9. The lowest BCUT2D eigenvalue weighted by Crippen LogP contribution is -2.09. The minimum Gasteiger partial charge on any atom is -0.311 e. The number of fused-ring (bicyclic) bond motifs is 5. The number of nitrogens with zero attached hydrogens (tertiary/aromatic N) is 1. The number of thiophene rings is 1. The topological polar surface area (TPSA) is 3.24 Å². The average Bonchev–Trinajstić information content (AvgIpc) is 3.59. The van der Waals surface area contributed by atoms with E-state index in [1.807, 2.05) is 11.3 Å². The smallest absolute Gasteiger partial charge is 0.0462 e. The summed E-state index contributed by atoms with van der Waals surface area (Å²) in [4.78, 5) is 2.36. The van der Waals surface area contributed by atoms with Crippen LogP contribution >= 0.6 is 11.3 Å². The van der Waals surface area contributed by atoms with Crippen LogP contribution in [0, 0.1) is 0 Å². The van der Waals surface area contributed by atoms with Crippen molar-refractivity contribution in [3.63, 3.8) is 0 Å². The standard InChI is InChI=1S/C50H33NS/c1-3-13-43-35(9-1)11-7-16-45(43)37-21-28-41(29-22-37)51(42-30-23-38(24-31-42)46-17-8-12-36-10-2-4-14-44(36)46)40-26-19-34(20-27-40)39-25-32-48-47-15-5-6-18-49(47)52-50(48)33-39/h1-33H. The molecule has 0 aliphatic rings. The summed E-state index contributed by atoms with van der Waals surface area (Å²) in [7, 11) is 0. The lowest BCUT2D eigenvalue weighted by molar-refractivity contribution is 1.28. The SMILES string of the molecule is c1ccc2c(-c3ccc(N(c4ccc(-c5ccc6c(c5)sc5ccccc56)cc4)c4ccc(-c5cccc6ccccc56)cc4)cc3)cccc2c1. The van der Waals surface area contributed by atoms with Crippen molar-refractivity contribution in [1.29, 1.82) is 0 Å². The van der Waals surface area contributed by atoms with E-state index in [9.17, 15) is 0 Å². The summed E-state index contributed by atoms with van der Waals surface area (Å²) < 4.78 is 2.65. The van der Waals surface area contributed by atoms with E-state index >= 15 is 0 Å². The molecule has 0 aliphatic carbocycles. The van der Waals surface area contributed by atoms with E-state index < -0.39 is 0 Å². The zero-order valence-electron chi connectivity index (χ0n) is 28.4. The highest BCUT2D eigenvalue weighted by molar-refractivity contribution is 7.25. The van der Waals surface area contributed by atoms with Crippen molar-refractivity contribution < 1.29 is 0 Å². The molecule has 0 radical (unpaired) electrons. The summed E-state index contributed by atoms with van der Waals surface area (Å²) in [6.07, 6.45) is 0. The Morgan fingerprint density at radius 1 is 0.288 bits per heavy atom. The van der Waals surface area contributed by atoms with E-state index in [0.29, 0.717) is 0 Å². The highest BCUT2D eigenvalue weighted by Gasteiger charge is 2.15. The molecule has 52 heavy (non-hydrogen) atoms. The highest BCUT2D eigenvalue weighted by atomic mass is 32.1. The molecule has 244 valence electrons. The first kappa shape index (κ1) is 30.4. The monoisotopic (exact) mass is 679 g/mol.